The Morgan fingerprint density at radius 3 is 2.00 bits per heavy atom. The topological polar surface area (TPSA) is 109 Å². The molecular formula is C8H9O6S2. The van der Waals surface area contributed by atoms with Crippen LogP contribution in [0.25, 0.3) is 0 Å². The Bertz CT molecular complexity index is 599. The highest BCUT2D eigenvalue weighted by atomic mass is 32.2. The Balaban J connectivity index is 3.58. The van der Waals surface area contributed by atoms with Gasteiger partial charge in [-0.3, -0.25) is 9.11 Å². The van der Waals surface area contributed by atoms with Crippen LogP contribution in [-0.4, -0.2) is 25.9 Å². The normalized spacial score (nSPS) is 12.7. The van der Waals surface area contributed by atoms with E-state index < -0.39 is 30.0 Å². The first kappa shape index (κ1) is 13.1. The Morgan fingerprint density at radius 2 is 1.62 bits per heavy atom. The predicted molar refractivity (Wildman–Crippen MR) is 55.1 cm³/mol. The molecule has 0 amide bonds. The van der Waals surface area contributed by atoms with Crippen LogP contribution in [-0.2, 0) is 26.7 Å². The van der Waals surface area contributed by atoms with Crippen LogP contribution in [0.15, 0.2) is 28.0 Å². The van der Waals surface area contributed by atoms with E-state index in [-0.39, 0.29) is 12.0 Å². The minimum atomic E-state index is -4.54. The van der Waals surface area contributed by atoms with Crippen molar-refractivity contribution in [1.29, 1.82) is 0 Å². The van der Waals surface area contributed by atoms with E-state index in [0.29, 0.717) is 6.07 Å². The highest BCUT2D eigenvalue weighted by Crippen LogP contribution is 2.20. The lowest BCUT2D eigenvalue weighted by Crippen LogP contribution is -2.06. The molecule has 0 aliphatic carbocycles. The van der Waals surface area contributed by atoms with E-state index in [1.807, 2.05) is 0 Å². The van der Waals surface area contributed by atoms with Crippen molar-refractivity contribution in [3.63, 3.8) is 0 Å². The van der Waals surface area contributed by atoms with E-state index in [2.05, 4.69) is 6.92 Å². The van der Waals surface area contributed by atoms with Crippen LogP contribution in [0.5, 0.6) is 0 Å². The van der Waals surface area contributed by atoms with Crippen LogP contribution in [0.4, 0.5) is 0 Å². The lowest BCUT2D eigenvalue weighted by Gasteiger charge is -2.06. The van der Waals surface area contributed by atoms with Gasteiger partial charge in [0, 0.05) is 0 Å². The molecule has 16 heavy (non-hydrogen) atoms. The van der Waals surface area contributed by atoms with Crippen molar-refractivity contribution in [2.24, 2.45) is 0 Å². The summed E-state index contributed by atoms with van der Waals surface area (Å²) in [5.41, 5.74) is 0.162. The average Bonchev–Trinajstić information content (AvgIpc) is 2.14. The number of hydrogen-bond acceptors (Lipinski definition) is 4. The quantitative estimate of drug-likeness (QED) is 0.773. The molecule has 0 aromatic heterocycles. The van der Waals surface area contributed by atoms with Crippen molar-refractivity contribution in [3.05, 3.63) is 30.7 Å². The summed E-state index contributed by atoms with van der Waals surface area (Å²) in [6.45, 7) is 3.43. The largest absolute Gasteiger partial charge is 0.294 e. The zero-order valence-electron chi connectivity index (χ0n) is 7.99. The molecular weight excluding hydrogens is 256 g/mol. The third-order valence-electron chi connectivity index (χ3n) is 1.88. The first-order valence-electron chi connectivity index (χ1n) is 4.03. The predicted octanol–water partition coefficient (Wildman–Crippen LogP) is 0.557. The van der Waals surface area contributed by atoms with Crippen LogP contribution in [0.2, 0.25) is 0 Å². The van der Waals surface area contributed by atoms with Gasteiger partial charge in [-0.2, -0.15) is 16.8 Å². The van der Waals surface area contributed by atoms with Gasteiger partial charge in [-0.1, -0.05) is 6.07 Å². The first-order valence-corrected chi connectivity index (χ1v) is 6.91. The molecule has 6 nitrogen and oxygen atoms in total. The second-order valence-corrected chi connectivity index (χ2v) is 5.78. The zero-order valence-corrected chi connectivity index (χ0v) is 9.62. The van der Waals surface area contributed by atoms with Crippen molar-refractivity contribution in [2.75, 3.05) is 0 Å². The van der Waals surface area contributed by atoms with Crippen molar-refractivity contribution >= 4 is 20.2 Å². The molecule has 8 heteroatoms. The van der Waals surface area contributed by atoms with Crippen LogP contribution in [0, 0.1) is 6.92 Å². The van der Waals surface area contributed by atoms with Gasteiger partial charge in [0.05, 0.1) is 9.79 Å². The second-order valence-electron chi connectivity index (χ2n) is 2.97. The highest BCUT2D eigenvalue weighted by molar-refractivity contribution is 7.86. The maximum Gasteiger partial charge on any atom is 0.294 e. The smallest absolute Gasteiger partial charge is 0.282 e. The lowest BCUT2D eigenvalue weighted by atomic mass is 10.2. The first-order chi connectivity index (χ1) is 7.16. The summed E-state index contributed by atoms with van der Waals surface area (Å²) in [5.74, 6) is 0. The molecule has 0 atom stereocenters. The average molecular weight is 265 g/mol. The molecule has 0 spiro atoms. The van der Waals surface area contributed by atoms with Crippen LogP contribution in [0.3, 0.4) is 0 Å². The van der Waals surface area contributed by atoms with E-state index in [4.69, 9.17) is 9.11 Å². The SMILES string of the molecule is [CH2]Cc1ccc(S(=O)(=O)O)cc1S(=O)(=O)O. The third-order valence-corrected chi connectivity index (χ3v) is 3.67. The molecule has 0 fully saturated rings. The molecule has 1 rings (SSSR count). The Labute approximate surface area is 93.4 Å². The van der Waals surface area contributed by atoms with Crippen molar-refractivity contribution in [2.45, 2.75) is 16.2 Å². The molecule has 1 radical (unpaired) electrons. The molecule has 0 saturated heterocycles. The van der Waals surface area contributed by atoms with Crippen LogP contribution < -0.4 is 0 Å². The number of hydrogen-bond donors (Lipinski definition) is 2. The van der Waals surface area contributed by atoms with Gasteiger partial charge in [0.25, 0.3) is 20.2 Å². The summed E-state index contributed by atoms with van der Waals surface area (Å²) in [5, 5.41) is 0. The molecule has 1 aromatic carbocycles. The lowest BCUT2D eigenvalue weighted by molar-refractivity contribution is 0.480. The van der Waals surface area contributed by atoms with Crippen LogP contribution in [0.1, 0.15) is 5.56 Å². The second kappa shape index (κ2) is 4.13. The van der Waals surface area contributed by atoms with Gasteiger partial charge in [-0.15, -0.1) is 0 Å². The van der Waals surface area contributed by atoms with Gasteiger partial charge in [0.1, 0.15) is 0 Å². The van der Waals surface area contributed by atoms with E-state index in [0.717, 1.165) is 6.07 Å². The summed E-state index contributed by atoms with van der Waals surface area (Å²) in [4.78, 5) is -1.17. The summed E-state index contributed by atoms with van der Waals surface area (Å²) in [6, 6.07) is 2.88. The third kappa shape index (κ3) is 2.79. The van der Waals surface area contributed by atoms with Gasteiger partial charge >= 0.3 is 0 Å². The fourth-order valence-electron chi connectivity index (χ4n) is 1.14. The molecule has 0 bridgehead atoms. The van der Waals surface area contributed by atoms with Gasteiger partial charge in [-0.05, 0) is 31.0 Å². The highest BCUT2D eigenvalue weighted by Gasteiger charge is 2.19. The van der Waals surface area contributed by atoms with Crippen molar-refractivity contribution < 1.29 is 25.9 Å². The molecule has 0 heterocycles. The summed E-state index contributed by atoms with van der Waals surface area (Å²) >= 11 is 0. The van der Waals surface area contributed by atoms with Crippen molar-refractivity contribution in [1.82, 2.24) is 0 Å². The van der Waals surface area contributed by atoms with E-state index in [1.165, 1.54) is 6.07 Å². The molecule has 89 valence electrons. The molecule has 0 saturated carbocycles. The summed E-state index contributed by atoms with van der Waals surface area (Å²) in [6.07, 6.45) is 0.0564. The fraction of sp³-hybridized carbons (Fsp3) is 0.125. The van der Waals surface area contributed by atoms with E-state index in [9.17, 15) is 16.8 Å². The Hall–Kier alpha value is -0.960. The zero-order chi connectivity index (χ0) is 12.6. The maximum atomic E-state index is 10.9. The fourth-order valence-corrected chi connectivity index (χ4v) is 2.50. The van der Waals surface area contributed by atoms with Gasteiger partial charge in [-0.25, -0.2) is 0 Å². The monoisotopic (exact) mass is 265 g/mol. The van der Waals surface area contributed by atoms with Gasteiger partial charge in [0.15, 0.2) is 0 Å². The van der Waals surface area contributed by atoms with E-state index >= 15 is 0 Å². The molecule has 1 aromatic rings. The van der Waals surface area contributed by atoms with E-state index in [1.54, 1.807) is 0 Å². The van der Waals surface area contributed by atoms with Gasteiger partial charge < -0.3 is 0 Å². The van der Waals surface area contributed by atoms with Crippen molar-refractivity contribution in [3.8, 4) is 0 Å². The molecule has 0 unspecified atom stereocenters. The Kier molecular flexibility index (Phi) is 3.38. The minimum absolute atomic E-state index is 0.0564. The molecule has 2 N–H and O–H groups in total. The standard InChI is InChI=1S/C8H9O6S2/c1-2-6-3-4-7(15(9,10)11)5-8(6)16(12,13)14/h3-5H,1-2H2,(H,9,10,11)(H,12,13,14). The number of benzene rings is 1. The maximum absolute atomic E-state index is 10.9. The molecule has 0 aliphatic rings. The Morgan fingerprint density at radius 1 is 1.06 bits per heavy atom. The van der Waals surface area contributed by atoms with Gasteiger partial charge in [0.2, 0.25) is 0 Å². The number of rotatable bonds is 3. The minimum Gasteiger partial charge on any atom is -0.282 e. The summed E-state index contributed by atoms with van der Waals surface area (Å²) in [7, 11) is -9.05. The van der Waals surface area contributed by atoms with Crippen LogP contribution >= 0.6 is 0 Å². The summed E-state index contributed by atoms with van der Waals surface area (Å²) < 4.78 is 61.0. The molecule has 0 aliphatic heterocycles.